The number of anilines is 1. The van der Waals surface area contributed by atoms with E-state index in [0.717, 1.165) is 4.47 Å². The van der Waals surface area contributed by atoms with E-state index in [1.54, 1.807) is 18.2 Å². The van der Waals surface area contributed by atoms with Crippen LogP contribution >= 0.6 is 15.9 Å². The molecule has 2 amide bonds. The van der Waals surface area contributed by atoms with Crippen molar-refractivity contribution in [3.05, 3.63) is 28.7 Å². The predicted molar refractivity (Wildman–Crippen MR) is 70.7 cm³/mol. The molecule has 0 aliphatic rings. The van der Waals surface area contributed by atoms with Crippen molar-refractivity contribution >= 4 is 33.4 Å². The first-order valence-electron chi connectivity index (χ1n) is 5.17. The van der Waals surface area contributed by atoms with Gasteiger partial charge in [-0.2, -0.15) is 0 Å². The van der Waals surface area contributed by atoms with Crippen LogP contribution in [0.5, 0.6) is 0 Å². The van der Waals surface area contributed by atoms with Gasteiger partial charge in [-0.3, -0.25) is 9.59 Å². The quantitative estimate of drug-likeness (QED) is 0.782. The second-order valence-corrected chi connectivity index (χ2v) is 5.49. The average molecular weight is 299 g/mol. The molecule has 0 aliphatic carbocycles. The van der Waals surface area contributed by atoms with Crippen molar-refractivity contribution in [2.45, 2.75) is 26.3 Å². The van der Waals surface area contributed by atoms with Crippen molar-refractivity contribution < 1.29 is 9.59 Å². The van der Waals surface area contributed by atoms with Crippen molar-refractivity contribution in [1.82, 2.24) is 5.32 Å². The predicted octanol–water partition coefficient (Wildman–Crippen LogP) is 2.30. The van der Waals surface area contributed by atoms with Crippen LogP contribution in [0.1, 0.15) is 20.8 Å². The Morgan fingerprint density at radius 3 is 2.24 bits per heavy atom. The van der Waals surface area contributed by atoms with Gasteiger partial charge in [-0.25, -0.2) is 0 Å². The lowest BCUT2D eigenvalue weighted by Gasteiger charge is -2.19. The lowest BCUT2D eigenvalue weighted by Crippen LogP contribution is -2.46. The van der Waals surface area contributed by atoms with Crippen LogP contribution in [0.3, 0.4) is 0 Å². The average Bonchev–Trinajstić information content (AvgIpc) is 2.18. The molecular formula is C12H15BrN2O2. The zero-order valence-corrected chi connectivity index (χ0v) is 11.6. The molecule has 4 nitrogen and oxygen atoms in total. The first kappa shape index (κ1) is 13.7. The highest BCUT2D eigenvalue weighted by Gasteiger charge is 2.20. The summed E-state index contributed by atoms with van der Waals surface area (Å²) in [5.41, 5.74) is 0.143. The molecule has 17 heavy (non-hydrogen) atoms. The van der Waals surface area contributed by atoms with Gasteiger partial charge >= 0.3 is 11.8 Å². The molecule has 92 valence electrons. The zero-order chi connectivity index (χ0) is 13.1. The van der Waals surface area contributed by atoms with Crippen LogP contribution in [-0.2, 0) is 9.59 Å². The highest BCUT2D eigenvalue weighted by atomic mass is 79.9. The molecule has 0 spiro atoms. The summed E-state index contributed by atoms with van der Waals surface area (Å²) < 4.78 is 0.733. The van der Waals surface area contributed by atoms with Crippen LogP contribution < -0.4 is 10.6 Å². The first-order chi connectivity index (χ1) is 7.79. The number of benzene rings is 1. The lowest BCUT2D eigenvalue weighted by atomic mass is 10.1. The van der Waals surface area contributed by atoms with E-state index >= 15 is 0 Å². The molecule has 0 aromatic heterocycles. The third kappa shape index (κ3) is 4.56. The number of hydrogen-bond donors (Lipinski definition) is 2. The summed E-state index contributed by atoms with van der Waals surface area (Å²) in [6.07, 6.45) is 0. The summed E-state index contributed by atoms with van der Waals surface area (Å²) in [5.74, 6) is -1.32. The number of amides is 2. The number of rotatable bonds is 1. The van der Waals surface area contributed by atoms with Gasteiger partial charge in [0.1, 0.15) is 0 Å². The zero-order valence-electron chi connectivity index (χ0n) is 10.0. The Kier molecular flexibility index (Phi) is 4.28. The molecule has 1 rings (SSSR count). The number of carbonyl (C=O) groups excluding carboxylic acids is 2. The number of hydrogen-bond acceptors (Lipinski definition) is 2. The second kappa shape index (κ2) is 5.31. The van der Waals surface area contributed by atoms with Crippen molar-refractivity contribution in [3.8, 4) is 0 Å². The van der Waals surface area contributed by atoms with Crippen LogP contribution in [0.4, 0.5) is 5.69 Å². The van der Waals surface area contributed by atoms with Gasteiger partial charge in [0, 0.05) is 10.0 Å². The molecule has 1 aromatic carbocycles. The second-order valence-electron chi connectivity index (χ2n) is 4.64. The molecule has 1 aromatic rings. The molecule has 0 radical (unpaired) electrons. The molecule has 0 heterocycles. The Bertz CT molecular complexity index is 438. The molecule has 0 atom stereocenters. The standard InChI is InChI=1S/C12H15BrN2O2/c1-12(2,3)15-11(17)10(16)14-9-7-5-4-6-8(9)13/h4-7H,1-3H3,(H,14,16)(H,15,17). The molecule has 2 N–H and O–H groups in total. The maximum Gasteiger partial charge on any atom is 0.313 e. The van der Waals surface area contributed by atoms with Crippen LogP contribution in [-0.4, -0.2) is 17.4 Å². The van der Waals surface area contributed by atoms with Gasteiger partial charge in [0.05, 0.1) is 5.69 Å². The molecule has 0 saturated carbocycles. The Hall–Kier alpha value is -1.36. The van der Waals surface area contributed by atoms with E-state index in [-0.39, 0.29) is 0 Å². The fraction of sp³-hybridized carbons (Fsp3) is 0.333. The van der Waals surface area contributed by atoms with Gasteiger partial charge in [-0.05, 0) is 48.8 Å². The number of nitrogens with one attached hydrogen (secondary N) is 2. The van der Waals surface area contributed by atoms with Crippen molar-refractivity contribution in [2.24, 2.45) is 0 Å². The van der Waals surface area contributed by atoms with E-state index in [0.29, 0.717) is 5.69 Å². The topological polar surface area (TPSA) is 58.2 Å². The minimum Gasteiger partial charge on any atom is -0.343 e. The monoisotopic (exact) mass is 298 g/mol. The highest BCUT2D eigenvalue weighted by Crippen LogP contribution is 2.20. The third-order valence-electron chi connectivity index (χ3n) is 1.82. The van der Waals surface area contributed by atoms with E-state index in [2.05, 4.69) is 26.6 Å². The van der Waals surface area contributed by atoms with Gasteiger partial charge in [0.25, 0.3) is 0 Å². The fourth-order valence-corrected chi connectivity index (χ4v) is 1.52. The molecule has 0 saturated heterocycles. The third-order valence-corrected chi connectivity index (χ3v) is 2.51. The summed E-state index contributed by atoms with van der Waals surface area (Å²) in [7, 11) is 0. The fourth-order valence-electron chi connectivity index (χ4n) is 1.14. The maximum absolute atomic E-state index is 11.6. The lowest BCUT2D eigenvalue weighted by molar-refractivity contribution is -0.137. The van der Waals surface area contributed by atoms with Crippen LogP contribution in [0.15, 0.2) is 28.7 Å². The summed E-state index contributed by atoms with van der Waals surface area (Å²) in [5, 5.41) is 5.13. The number of para-hydroxylation sites is 1. The molecule has 5 heteroatoms. The summed E-state index contributed by atoms with van der Waals surface area (Å²) >= 11 is 3.29. The van der Waals surface area contributed by atoms with Crippen molar-refractivity contribution in [3.63, 3.8) is 0 Å². The number of halogens is 1. The van der Waals surface area contributed by atoms with E-state index in [1.807, 2.05) is 26.8 Å². The van der Waals surface area contributed by atoms with E-state index in [9.17, 15) is 9.59 Å². The summed E-state index contributed by atoms with van der Waals surface area (Å²) in [6.45, 7) is 5.45. The van der Waals surface area contributed by atoms with Gasteiger partial charge in [-0.15, -0.1) is 0 Å². The minimum absolute atomic E-state index is 0.428. The Labute approximate surface area is 109 Å². The smallest absolute Gasteiger partial charge is 0.313 e. The Balaban J connectivity index is 2.68. The van der Waals surface area contributed by atoms with Crippen LogP contribution in [0.2, 0.25) is 0 Å². The largest absolute Gasteiger partial charge is 0.343 e. The van der Waals surface area contributed by atoms with Crippen LogP contribution in [0, 0.1) is 0 Å². The van der Waals surface area contributed by atoms with Crippen molar-refractivity contribution in [1.29, 1.82) is 0 Å². The maximum atomic E-state index is 11.6. The SMILES string of the molecule is CC(C)(C)NC(=O)C(=O)Nc1ccccc1Br. The Morgan fingerprint density at radius 1 is 1.12 bits per heavy atom. The molecule has 0 fully saturated rings. The van der Waals surface area contributed by atoms with Gasteiger partial charge in [0.15, 0.2) is 0 Å². The van der Waals surface area contributed by atoms with E-state index in [4.69, 9.17) is 0 Å². The van der Waals surface area contributed by atoms with Crippen LogP contribution in [0.25, 0.3) is 0 Å². The molecule has 0 aliphatic heterocycles. The Morgan fingerprint density at radius 2 is 1.71 bits per heavy atom. The molecular weight excluding hydrogens is 284 g/mol. The minimum atomic E-state index is -0.674. The van der Waals surface area contributed by atoms with Crippen molar-refractivity contribution in [2.75, 3.05) is 5.32 Å². The summed E-state index contributed by atoms with van der Waals surface area (Å²) in [6, 6.07) is 7.11. The van der Waals surface area contributed by atoms with Gasteiger partial charge in [-0.1, -0.05) is 12.1 Å². The molecule has 0 bridgehead atoms. The molecule has 0 unspecified atom stereocenters. The number of carbonyl (C=O) groups is 2. The van der Waals surface area contributed by atoms with E-state index in [1.165, 1.54) is 0 Å². The summed E-state index contributed by atoms with van der Waals surface area (Å²) in [4.78, 5) is 23.1. The highest BCUT2D eigenvalue weighted by molar-refractivity contribution is 9.10. The normalized spacial score (nSPS) is 10.8. The van der Waals surface area contributed by atoms with E-state index < -0.39 is 17.4 Å². The first-order valence-corrected chi connectivity index (χ1v) is 5.97. The van der Waals surface area contributed by atoms with Gasteiger partial charge < -0.3 is 10.6 Å². The van der Waals surface area contributed by atoms with Gasteiger partial charge in [0.2, 0.25) is 0 Å².